The van der Waals surface area contributed by atoms with Gasteiger partial charge < -0.3 is 15.4 Å². The molecule has 11 heteroatoms. The molecule has 9 nitrogen and oxygen atoms in total. The van der Waals surface area contributed by atoms with Crippen LogP contribution in [0.5, 0.6) is 0 Å². The summed E-state index contributed by atoms with van der Waals surface area (Å²) in [6, 6.07) is 4.28. The molecule has 0 aliphatic carbocycles. The maximum Gasteiger partial charge on any atom is 0.319 e. The Morgan fingerprint density at radius 1 is 1.34 bits per heavy atom. The maximum atomic E-state index is 13.7. The number of urea groups is 1. The second-order valence-corrected chi connectivity index (χ2v) is 9.11. The van der Waals surface area contributed by atoms with E-state index in [2.05, 4.69) is 10.6 Å². The molecule has 0 radical (unpaired) electrons. The summed E-state index contributed by atoms with van der Waals surface area (Å²) in [6.45, 7) is 0.994. The van der Waals surface area contributed by atoms with Gasteiger partial charge in [0, 0.05) is 39.4 Å². The summed E-state index contributed by atoms with van der Waals surface area (Å²) in [5.74, 6) is -1.18. The zero-order valence-corrected chi connectivity index (χ0v) is 17.0. The number of para-hydroxylation sites is 1. The summed E-state index contributed by atoms with van der Waals surface area (Å²) in [6.07, 6.45) is 0.709. The van der Waals surface area contributed by atoms with Gasteiger partial charge in [0.25, 0.3) is 5.91 Å². The number of ether oxygens (including phenoxy) is 1. The summed E-state index contributed by atoms with van der Waals surface area (Å²) >= 11 is 0. The number of methoxy groups -OCH3 is 1. The quantitative estimate of drug-likeness (QED) is 0.643. The van der Waals surface area contributed by atoms with Gasteiger partial charge >= 0.3 is 6.03 Å². The van der Waals surface area contributed by atoms with E-state index in [1.165, 1.54) is 25.3 Å². The van der Waals surface area contributed by atoms with Crippen molar-refractivity contribution >= 4 is 27.6 Å². The van der Waals surface area contributed by atoms with Gasteiger partial charge in [-0.15, -0.1) is 0 Å². The van der Waals surface area contributed by atoms with Crippen LogP contribution in [-0.2, 0) is 19.6 Å². The lowest BCUT2D eigenvalue weighted by Gasteiger charge is -2.23. The Morgan fingerprint density at radius 2 is 2.10 bits per heavy atom. The first-order valence-electron chi connectivity index (χ1n) is 9.41. The third-order valence-corrected chi connectivity index (χ3v) is 6.81. The number of carbonyl (C=O) groups excluding carboxylic acids is 2. The van der Waals surface area contributed by atoms with Crippen LogP contribution in [0.1, 0.15) is 12.8 Å². The number of nitrogens with one attached hydrogen (secondary N) is 2. The molecule has 1 aromatic rings. The Hall–Kier alpha value is -2.24. The summed E-state index contributed by atoms with van der Waals surface area (Å²) in [5, 5.41) is 5.19. The maximum absolute atomic E-state index is 13.7. The van der Waals surface area contributed by atoms with Gasteiger partial charge in [0.15, 0.2) is 0 Å². The van der Waals surface area contributed by atoms with Crippen molar-refractivity contribution < 1.29 is 27.1 Å². The monoisotopic (exact) mass is 428 g/mol. The molecule has 3 amide bonds. The number of benzene rings is 1. The number of rotatable bonds is 6. The van der Waals surface area contributed by atoms with Crippen LogP contribution in [0.25, 0.3) is 0 Å². The standard InChI is InChI=1S/C18H25FN4O5S/c1-28-9-4-7-23-17(24)16-11-13(12-22(16)8-10-29(23,26)27)20-18(25)21-15-6-3-2-5-14(15)19/h2-3,5-6,13,16H,4,7-12H2,1H3,(H2,20,21,25)/t13-,16-/m0/s1. The Kier molecular flexibility index (Phi) is 6.70. The highest BCUT2D eigenvalue weighted by Crippen LogP contribution is 2.25. The Labute approximate surface area is 169 Å². The summed E-state index contributed by atoms with van der Waals surface area (Å²) in [7, 11) is -2.16. The number of amides is 3. The van der Waals surface area contributed by atoms with E-state index in [-0.39, 0.29) is 30.6 Å². The Balaban J connectivity index is 1.63. The van der Waals surface area contributed by atoms with Crippen LogP contribution in [0.3, 0.4) is 0 Å². The molecule has 2 atom stereocenters. The number of sulfonamides is 1. The van der Waals surface area contributed by atoms with E-state index in [1.54, 1.807) is 11.0 Å². The molecular weight excluding hydrogens is 403 g/mol. The molecule has 2 aliphatic heterocycles. The van der Waals surface area contributed by atoms with Gasteiger partial charge in [-0.2, -0.15) is 0 Å². The fraction of sp³-hybridized carbons (Fsp3) is 0.556. The van der Waals surface area contributed by atoms with Crippen LogP contribution in [0, 0.1) is 5.82 Å². The second-order valence-electron chi connectivity index (χ2n) is 7.09. The van der Waals surface area contributed by atoms with Crippen molar-refractivity contribution in [3.63, 3.8) is 0 Å². The topological polar surface area (TPSA) is 108 Å². The molecule has 0 aromatic heterocycles. The molecule has 2 aliphatic rings. The average Bonchev–Trinajstić information content (AvgIpc) is 3.04. The highest BCUT2D eigenvalue weighted by atomic mass is 32.2. The number of anilines is 1. The van der Waals surface area contributed by atoms with E-state index in [4.69, 9.17) is 4.74 Å². The van der Waals surface area contributed by atoms with Crippen molar-refractivity contribution in [3.05, 3.63) is 30.1 Å². The van der Waals surface area contributed by atoms with E-state index in [9.17, 15) is 22.4 Å². The summed E-state index contributed by atoms with van der Waals surface area (Å²) in [5.41, 5.74) is 0.0593. The van der Waals surface area contributed by atoms with Gasteiger partial charge in [0.1, 0.15) is 5.82 Å². The minimum absolute atomic E-state index is 0.0593. The molecule has 1 aromatic carbocycles. The van der Waals surface area contributed by atoms with Crippen LogP contribution in [0.15, 0.2) is 24.3 Å². The largest absolute Gasteiger partial charge is 0.385 e. The third-order valence-electron chi connectivity index (χ3n) is 5.07. The van der Waals surface area contributed by atoms with Gasteiger partial charge in [-0.1, -0.05) is 12.1 Å². The molecule has 2 N–H and O–H groups in total. The first kappa shape index (κ1) is 21.5. The fourth-order valence-corrected chi connectivity index (χ4v) is 5.16. The predicted molar refractivity (Wildman–Crippen MR) is 104 cm³/mol. The second kappa shape index (κ2) is 9.06. The van der Waals surface area contributed by atoms with Gasteiger partial charge in [0.05, 0.1) is 17.5 Å². The zero-order chi connectivity index (χ0) is 21.0. The molecule has 160 valence electrons. The molecule has 0 saturated carbocycles. The van der Waals surface area contributed by atoms with Crippen molar-refractivity contribution in [2.24, 2.45) is 0 Å². The molecule has 2 fully saturated rings. The molecule has 0 bridgehead atoms. The minimum Gasteiger partial charge on any atom is -0.385 e. The number of halogens is 1. The van der Waals surface area contributed by atoms with Gasteiger partial charge in [-0.25, -0.2) is 21.9 Å². The number of nitrogens with zero attached hydrogens (tertiary/aromatic N) is 2. The smallest absolute Gasteiger partial charge is 0.319 e. The Morgan fingerprint density at radius 3 is 2.83 bits per heavy atom. The van der Waals surface area contributed by atoms with Crippen LogP contribution >= 0.6 is 0 Å². The van der Waals surface area contributed by atoms with Crippen LogP contribution in [-0.4, -0.2) is 80.7 Å². The van der Waals surface area contributed by atoms with Crippen molar-refractivity contribution in [1.82, 2.24) is 14.5 Å². The van der Waals surface area contributed by atoms with Crippen LogP contribution < -0.4 is 10.6 Å². The molecule has 2 heterocycles. The molecule has 3 rings (SSSR count). The van der Waals surface area contributed by atoms with Crippen molar-refractivity contribution in [2.75, 3.05) is 44.4 Å². The van der Waals surface area contributed by atoms with Crippen molar-refractivity contribution in [2.45, 2.75) is 24.9 Å². The van der Waals surface area contributed by atoms with Gasteiger partial charge in [-0.3, -0.25) is 9.69 Å². The highest BCUT2D eigenvalue weighted by molar-refractivity contribution is 7.89. The van der Waals surface area contributed by atoms with Crippen LogP contribution in [0.2, 0.25) is 0 Å². The van der Waals surface area contributed by atoms with Gasteiger partial charge in [0.2, 0.25) is 10.0 Å². The van der Waals surface area contributed by atoms with Crippen molar-refractivity contribution in [1.29, 1.82) is 0 Å². The molecular formula is C18H25FN4O5S. The van der Waals surface area contributed by atoms with Crippen molar-refractivity contribution in [3.8, 4) is 0 Å². The first-order valence-corrected chi connectivity index (χ1v) is 11.0. The molecule has 0 spiro atoms. The number of hydrogen-bond acceptors (Lipinski definition) is 6. The molecule has 0 unspecified atom stereocenters. The lowest BCUT2D eigenvalue weighted by atomic mass is 10.1. The van der Waals surface area contributed by atoms with E-state index in [1.807, 2.05) is 0 Å². The number of hydrogen-bond donors (Lipinski definition) is 2. The van der Waals surface area contributed by atoms with E-state index in [0.717, 1.165) is 4.31 Å². The minimum atomic E-state index is -3.67. The summed E-state index contributed by atoms with van der Waals surface area (Å²) < 4.78 is 44.5. The lowest BCUT2D eigenvalue weighted by molar-refractivity contribution is -0.130. The van der Waals surface area contributed by atoms with E-state index < -0.39 is 33.8 Å². The third kappa shape index (κ3) is 5.03. The number of carbonyl (C=O) groups is 2. The normalized spacial score (nSPS) is 24.1. The molecule has 29 heavy (non-hydrogen) atoms. The van der Waals surface area contributed by atoms with E-state index in [0.29, 0.717) is 26.0 Å². The first-order chi connectivity index (χ1) is 13.8. The fourth-order valence-electron chi connectivity index (χ4n) is 3.67. The lowest BCUT2D eigenvalue weighted by Crippen LogP contribution is -2.45. The average molecular weight is 428 g/mol. The van der Waals surface area contributed by atoms with Crippen LogP contribution in [0.4, 0.5) is 14.9 Å². The van der Waals surface area contributed by atoms with Gasteiger partial charge in [-0.05, 0) is 25.0 Å². The SMILES string of the molecule is COCCCN1C(=O)[C@@H]2C[C@H](NC(=O)Nc3ccccc3F)CN2CCS1(=O)=O. The zero-order valence-electron chi connectivity index (χ0n) is 16.1. The predicted octanol–water partition coefficient (Wildman–Crippen LogP) is 0.599. The summed E-state index contributed by atoms with van der Waals surface area (Å²) in [4.78, 5) is 26.9. The van der Waals surface area contributed by atoms with E-state index >= 15 is 0 Å². The molecule has 2 saturated heterocycles. The Bertz CT molecular complexity index is 866. The highest BCUT2D eigenvalue weighted by Gasteiger charge is 2.45. The number of fused-ring (bicyclic) bond motifs is 1.